The maximum atomic E-state index is 13.0. The van der Waals surface area contributed by atoms with Crippen LogP contribution in [0.25, 0.3) is 0 Å². The van der Waals surface area contributed by atoms with Gasteiger partial charge >= 0.3 is 12.3 Å². The number of carbonyl (C=O) groups excluding carboxylic acids is 1. The molecule has 2 rings (SSSR count). The van der Waals surface area contributed by atoms with Gasteiger partial charge in [0, 0.05) is 31.0 Å². The fourth-order valence-corrected chi connectivity index (χ4v) is 2.76. The summed E-state index contributed by atoms with van der Waals surface area (Å²) in [5.74, 6) is 0.152. The second-order valence-electron chi connectivity index (χ2n) is 7.25. The largest absolute Gasteiger partial charge is 0.444 e. The van der Waals surface area contributed by atoms with Crippen LogP contribution in [0.1, 0.15) is 32.8 Å². The monoisotopic (exact) mass is 359 g/mol. The predicted molar refractivity (Wildman–Crippen MR) is 90.4 cm³/mol. The summed E-state index contributed by atoms with van der Waals surface area (Å²) < 4.78 is 44.1. The third-order valence-corrected chi connectivity index (χ3v) is 3.93. The summed E-state index contributed by atoms with van der Waals surface area (Å²) >= 11 is 0. The van der Waals surface area contributed by atoms with Gasteiger partial charge in [0.15, 0.2) is 0 Å². The lowest BCUT2D eigenvalue weighted by Crippen LogP contribution is -2.36. The number of nitrogens with zero attached hydrogens (tertiary/aromatic N) is 1. The van der Waals surface area contributed by atoms with Gasteiger partial charge in [0.2, 0.25) is 0 Å². The molecule has 1 saturated heterocycles. The molecule has 0 saturated carbocycles. The first kappa shape index (κ1) is 19.2. The van der Waals surface area contributed by atoms with Crippen LogP contribution in [0.4, 0.5) is 29.3 Å². The lowest BCUT2D eigenvalue weighted by molar-refractivity contribution is -0.136. The lowest BCUT2D eigenvalue weighted by Gasteiger charge is -2.22. The summed E-state index contributed by atoms with van der Waals surface area (Å²) in [6.07, 6.45) is -4.18. The number of alkyl halides is 3. The highest BCUT2D eigenvalue weighted by Gasteiger charge is 2.34. The van der Waals surface area contributed by atoms with Gasteiger partial charge in [-0.1, -0.05) is 0 Å². The van der Waals surface area contributed by atoms with E-state index >= 15 is 0 Å². The van der Waals surface area contributed by atoms with Gasteiger partial charge in [-0.05, 0) is 51.3 Å². The Morgan fingerprint density at radius 3 is 2.64 bits per heavy atom. The Balaban J connectivity index is 1.94. The van der Waals surface area contributed by atoms with E-state index in [1.165, 1.54) is 6.07 Å². The van der Waals surface area contributed by atoms with Crippen LogP contribution in [-0.2, 0) is 10.9 Å². The number of nitrogens with two attached hydrogens (primary N) is 1. The van der Waals surface area contributed by atoms with Crippen molar-refractivity contribution in [2.75, 3.05) is 30.3 Å². The molecule has 1 unspecified atom stereocenters. The molecule has 1 aromatic carbocycles. The van der Waals surface area contributed by atoms with Crippen LogP contribution < -0.4 is 16.0 Å². The molecule has 1 aromatic rings. The summed E-state index contributed by atoms with van der Waals surface area (Å²) in [6, 6.07) is 3.96. The van der Waals surface area contributed by atoms with E-state index in [1.807, 2.05) is 4.90 Å². The molecule has 1 fully saturated rings. The topological polar surface area (TPSA) is 67.6 Å². The summed E-state index contributed by atoms with van der Waals surface area (Å²) in [5.41, 5.74) is 4.26. The number of nitrogens with one attached hydrogen (secondary N) is 1. The number of nitrogen functional groups attached to an aromatic ring is 1. The second kappa shape index (κ2) is 7.01. The van der Waals surface area contributed by atoms with Gasteiger partial charge in [-0.2, -0.15) is 13.2 Å². The van der Waals surface area contributed by atoms with Gasteiger partial charge in [0.1, 0.15) is 5.60 Å². The van der Waals surface area contributed by atoms with E-state index in [2.05, 4.69) is 5.32 Å². The maximum absolute atomic E-state index is 13.0. The summed E-state index contributed by atoms with van der Waals surface area (Å²) in [6.45, 7) is 6.96. The smallest absolute Gasteiger partial charge is 0.418 e. The number of rotatable bonds is 3. The molecule has 1 atom stereocenters. The van der Waals surface area contributed by atoms with Gasteiger partial charge in [0.05, 0.1) is 5.56 Å². The van der Waals surface area contributed by atoms with Crippen molar-refractivity contribution in [3.05, 3.63) is 23.8 Å². The molecule has 0 aliphatic carbocycles. The van der Waals surface area contributed by atoms with Crippen molar-refractivity contribution in [1.82, 2.24) is 5.32 Å². The predicted octanol–water partition coefficient (Wildman–Crippen LogP) is 3.64. The highest BCUT2D eigenvalue weighted by molar-refractivity contribution is 5.67. The van der Waals surface area contributed by atoms with Crippen molar-refractivity contribution in [1.29, 1.82) is 0 Å². The number of hydrogen-bond donors (Lipinski definition) is 2. The van der Waals surface area contributed by atoms with Crippen LogP contribution in [0.3, 0.4) is 0 Å². The van der Waals surface area contributed by atoms with E-state index in [0.717, 1.165) is 12.5 Å². The van der Waals surface area contributed by atoms with Crippen molar-refractivity contribution < 1.29 is 22.7 Å². The lowest BCUT2D eigenvalue weighted by atomic mass is 10.1. The van der Waals surface area contributed by atoms with Crippen molar-refractivity contribution in [3.8, 4) is 0 Å². The Bertz CT molecular complexity index is 627. The number of halogens is 3. The number of hydrogen-bond acceptors (Lipinski definition) is 4. The fraction of sp³-hybridized carbons (Fsp3) is 0.588. The minimum absolute atomic E-state index is 0.152. The van der Waals surface area contributed by atoms with Gasteiger partial charge in [-0.15, -0.1) is 0 Å². The van der Waals surface area contributed by atoms with Gasteiger partial charge < -0.3 is 20.7 Å². The van der Waals surface area contributed by atoms with E-state index < -0.39 is 23.4 Å². The van der Waals surface area contributed by atoms with Crippen molar-refractivity contribution in [3.63, 3.8) is 0 Å². The Morgan fingerprint density at radius 2 is 2.04 bits per heavy atom. The Labute approximate surface area is 145 Å². The molecule has 1 heterocycles. The number of ether oxygens (including phenoxy) is 1. The molecule has 1 aliphatic heterocycles. The zero-order valence-corrected chi connectivity index (χ0v) is 14.6. The molecular formula is C17H24F3N3O2. The zero-order chi connectivity index (χ0) is 18.8. The maximum Gasteiger partial charge on any atom is 0.418 e. The van der Waals surface area contributed by atoms with Crippen molar-refractivity contribution in [2.45, 2.75) is 39.0 Å². The van der Waals surface area contributed by atoms with E-state index in [4.69, 9.17) is 10.5 Å². The fourth-order valence-electron chi connectivity index (χ4n) is 2.76. The van der Waals surface area contributed by atoms with Crippen LogP contribution in [0.2, 0.25) is 0 Å². The van der Waals surface area contributed by atoms with Gasteiger partial charge in [0.25, 0.3) is 0 Å². The van der Waals surface area contributed by atoms with E-state index in [-0.39, 0.29) is 11.6 Å². The number of carbonyl (C=O) groups is 1. The molecule has 8 heteroatoms. The number of alkyl carbamates (subject to hydrolysis) is 1. The first-order chi connectivity index (χ1) is 11.5. The summed E-state index contributed by atoms with van der Waals surface area (Å²) in [4.78, 5) is 13.5. The molecule has 5 nitrogen and oxygen atoms in total. The minimum atomic E-state index is -4.47. The highest BCUT2D eigenvalue weighted by atomic mass is 19.4. The van der Waals surface area contributed by atoms with Crippen molar-refractivity contribution >= 4 is 17.5 Å². The van der Waals surface area contributed by atoms with Crippen molar-refractivity contribution in [2.24, 2.45) is 5.92 Å². The number of anilines is 2. The molecule has 1 aliphatic rings. The number of benzene rings is 1. The SMILES string of the molecule is CC(C)(C)OC(=O)NCC1CCN(c2ccc(N)c(C(F)(F)F)c2)C1. The molecule has 25 heavy (non-hydrogen) atoms. The molecule has 140 valence electrons. The summed E-state index contributed by atoms with van der Waals surface area (Å²) in [5, 5.41) is 2.71. The van der Waals surface area contributed by atoms with Crippen LogP contribution in [0.5, 0.6) is 0 Å². The van der Waals surface area contributed by atoms with Crippen LogP contribution in [0.15, 0.2) is 18.2 Å². The normalized spacial score (nSPS) is 18.3. The molecule has 3 N–H and O–H groups in total. The molecular weight excluding hydrogens is 335 g/mol. The Kier molecular flexibility index (Phi) is 5.39. The van der Waals surface area contributed by atoms with E-state index in [0.29, 0.717) is 25.3 Å². The van der Waals surface area contributed by atoms with Crippen LogP contribution in [0, 0.1) is 5.92 Å². The standard InChI is InChI=1S/C17H24F3N3O2/c1-16(2,3)25-15(24)22-9-11-6-7-23(10-11)12-4-5-14(21)13(8-12)17(18,19)20/h4-5,8,11H,6-7,9-10,21H2,1-3H3,(H,22,24). The van der Waals surface area contributed by atoms with Crippen LogP contribution >= 0.6 is 0 Å². The molecule has 0 radical (unpaired) electrons. The van der Waals surface area contributed by atoms with Gasteiger partial charge in [-0.25, -0.2) is 4.79 Å². The average molecular weight is 359 g/mol. The first-order valence-electron chi connectivity index (χ1n) is 8.14. The van der Waals surface area contributed by atoms with Crippen LogP contribution in [-0.4, -0.2) is 31.3 Å². The molecule has 0 spiro atoms. The minimum Gasteiger partial charge on any atom is -0.444 e. The van der Waals surface area contributed by atoms with Gasteiger partial charge in [-0.3, -0.25) is 0 Å². The number of amides is 1. The molecule has 0 aromatic heterocycles. The Morgan fingerprint density at radius 1 is 1.36 bits per heavy atom. The zero-order valence-electron chi connectivity index (χ0n) is 14.6. The second-order valence-corrected chi connectivity index (χ2v) is 7.25. The van der Waals surface area contributed by atoms with E-state index in [1.54, 1.807) is 26.8 Å². The third-order valence-electron chi connectivity index (χ3n) is 3.93. The third kappa shape index (κ3) is 5.44. The highest BCUT2D eigenvalue weighted by Crippen LogP contribution is 2.36. The first-order valence-corrected chi connectivity index (χ1v) is 8.14. The molecule has 1 amide bonds. The molecule has 0 bridgehead atoms. The van der Waals surface area contributed by atoms with E-state index in [9.17, 15) is 18.0 Å². The average Bonchev–Trinajstić information content (AvgIpc) is 2.91. The Hall–Kier alpha value is -2.12. The summed E-state index contributed by atoms with van der Waals surface area (Å²) in [7, 11) is 0. The quantitative estimate of drug-likeness (QED) is 0.809.